The van der Waals surface area contributed by atoms with E-state index >= 15 is 0 Å². The van der Waals surface area contributed by atoms with Crippen LogP contribution in [0.3, 0.4) is 0 Å². The highest BCUT2D eigenvalue weighted by Crippen LogP contribution is 2.64. The molecular formula is C47H49BN2. The van der Waals surface area contributed by atoms with Crippen LogP contribution in [0, 0.1) is 13.8 Å². The number of aryl methyl sites for hydroxylation is 2. The fourth-order valence-corrected chi connectivity index (χ4v) is 11.3. The summed E-state index contributed by atoms with van der Waals surface area (Å²) in [6.07, 6.45) is 5.01. The molecule has 5 aliphatic rings. The average molecular weight is 653 g/mol. The molecule has 1 aliphatic carbocycles. The van der Waals surface area contributed by atoms with E-state index in [4.69, 9.17) is 0 Å². The summed E-state index contributed by atoms with van der Waals surface area (Å²) in [6.45, 7) is 22.0. The van der Waals surface area contributed by atoms with E-state index in [9.17, 15) is 0 Å². The van der Waals surface area contributed by atoms with Gasteiger partial charge in [0.1, 0.15) is 0 Å². The van der Waals surface area contributed by atoms with Crippen LogP contribution in [0.5, 0.6) is 0 Å². The third kappa shape index (κ3) is 3.52. The zero-order valence-corrected chi connectivity index (χ0v) is 31.4. The molecule has 0 bridgehead atoms. The lowest BCUT2D eigenvalue weighted by Gasteiger charge is -2.54. The predicted octanol–water partition coefficient (Wildman–Crippen LogP) is 10.9. The first-order valence-electron chi connectivity index (χ1n) is 19.0. The van der Waals surface area contributed by atoms with Crippen molar-refractivity contribution in [1.82, 2.24) is 0 Å². The summed E-state index contributed by atoms with van der Waals surface area (Å²) in [5, 5.41) is 0. The van der Waals surface area contributed by atoms with Crippen LogP contribution in [-0.4, -0.2) is 12.4 Å². The Morgan fingerprint density at radius 3 is 2.12 bits per heavy atom. The normalized spacial score (nSPS) is 23.2. The lowest BCUT2D eigenvalue weighted by atomic mass is 9.42. The van der Waals surface area contributed by atoms with Gasteiger partial charge in [-0.15, -0.1) is 0 Å². The van der Waals surface area contributed by atoms with Crippen molar-refractivity contribution in [2.75, 3.05) is 9.71 Å². The van der Waals surface area contributed by atoms with Crippen LogP contribution < -0.4 is 20.6 Å². The zero-order chi connectivity index (χ0) is 34.7. The fourth-order valence-electron chi connectivity index (χ4n) is 11.3. The van der Waals surface area contributed by atoms with Crippen molar-refractivity contribution in [2.24, 2.45) is 0 Å². The van der Waals surface area contributed by atoms with Crippen LogP contribution in [0.2, 0.25) is 0 Å². The van der Waals surface area contributed by atoms with E-state index in [2.05, 4.69) is 157 Å². The molecule has 0 spiro atoms. The molecular weight excluding hydrogens is 603 g/mol. The molecule has 5 aromatic carbocycles. The molecule has 0 radical (unpaired) electrons. The van der Waals surface area contributed by atoms with Crippen molar-refractivity contribution in [3.05, 3.63) is 118 Å². The van der Waals surface area contributed by atoms with E-state index in [1.807, 2.05) is 0 Å². The summed E-state index contributed by atoms with van der Waals surface area (Å²) in [6, 6.07) is 33.6. The van der Waals surface area contributed by atoms with Crippen LogP contribution in [0.4, 0.5) is 22.7 Å². The minimum absolute atomic E-state index is 0.0130. The van der Waals surface area contributed by atoms with Gasteiger partial charge in [0.05, 0.1) is 5.54 Å². The first-order chi connectivity index (χ1) is 23.8. The molecule has 0 N–H and O–H groups in total. The molecule has 50 heavy (non-hydrogen) atoms. The second kappa shape index (κ2) is 9.55. The van der Waals surface area contributed by atoms with Gasteiger partial charge in [0.15, 0.2) is 0 Å². The summed E-state index contributed by atoms with van der Waals surface area (Å²) in [5.41, 5.74) is 22.7. The first-order valence-corrected chi connectivity index (χ1v) is 19.0. The van der Waals surface area contributed by atoms with E-state index in [1.54, 1.807) is 5.56 Å². The predicted molar refractivity (Wildman–Crippen MR) is 214 cm³/mol. The third-order valence-corrected chi connectivity index (χ3v) is 14.2. The molecule has 0 aromatic heterocycles. The van der Waals surface area contributed by atoms with Crippen molar-refractivity contribution >= 4 is 40.5 Å². The van der Waals surface area contributed by atoms with Gasteiger partial charge in [-0.1, -0.05) is 121 Å². The van der Waals surface area contributed by atoms with Gasteiger partial charge in [-0.25, -0.2) is 0 Å². The second-order valence-corrected chi connectivity index (χ2v) is 18.2. The van der Waals surface area contributed by atoms with Gasteiger partial charge in [0.2, 0.25) is 0 Å². The Labute approximate surface area is 299 Å². The van der Waals surface area contributed by atoms with Gasteiger partial charge in [-0.3, -0.25) is 0 Å². The molecule has 4 heterocycles. The minimum atomic E-state index is -0.116. The molecule has 2 nitrogen and oxygen atoms in total. The van der Waals surface area contributed by atoms with Crippen molar-refractivity contribution in [3.63, 3.8) is 0 Å². The molecule has 3 heteroatoms. The lowest BCUT2D eigenvalue weighted by molar-refractivity contribution is 0.195. The standard InChI is InChI=1S/C47H49BN2/c1-28-16-14-17-29(2)40(28)30-24-33-32-18-15-20-35-42(32)50(38-21-11-10-19-34(38)45(35,6)7)48-37-27-31(44(3,4)5)26-36-43(37)49(39(25-30)41(33)48)47(9)23-13-12-22-46(36,47)8/h10-11,14-21,24-27H,12-13,22-23H2,1-9H3. The maximum Gasteiger partial charge on any atom is 0.333 e. The Morgan fingerprint density at radius 1 is 0.660 bits per heavy atom. The van der Waals surface area contributed by atoms with Crippen molar-refractivity contribution in [1.29, 1.82) is 0 Å². The largest absolute Gasteiger partial charge is 0.376 e. The number of rotatable bonds is 1. The zero-order valence-electron chi connectivity index (χ0n) is 31.4. The van der Waals surface area contributed by atoms with E-state index in [0.29, 0.717) is 0 Å². The summed E-state index contributed by atoms with van der Waals surface area (Å²) in [7, 11) is 0. The molecule has 250 valence electrons. The summed E-state index contributed by atoms with van der Waals surface area (Å²) in [5.74, 6) is 0. The number of para-hydroxylation sites is 2. The smallest absolute Gasteiger partial charge is 0.333 e. The SMILES string of the molecule is Cc1cccc(C)c1-c1cc2c3c(c1)N1c4c(cc(C(C)(C)C)cc4C4(C)CCCCC14C)B3N1c3ccccc3C(C)(C)c3cccc-2c31. The van der Waals surface area contributed by atoms with Gasteiger partial charge in [0.25, 0.3) is 0 Å². The summed E-state index contributed by atoms with van der Waals surface area (Å²) in [4.78, 5) is 5.67. The topological polar surface area (TPSA) is 6.48 Å². The van der Waals surface area contributed by atoms with Crippen LogP contribution >= 0.6 is 0 Å². The Kier molecular flexibility index (Phi) is 5.84. The van der Waals surface area contributed by atoms with Crippen LogP contribution in [-0.2, 0) is 16.2 Å². The molecule has 4 aliphatic heterocycles. The Hall–Kier alpha value is -4.24. The number of anilines is 4. The highest BCUT2D eigenvalue weighted by atomic mass is 15.3. The molecule has 0 amide bonds. The van der Waals surface area contributed by atoms with Crippen LogP contribution in [0.1, 0.15) is 108 Å². The molecule has 1 fully saturated rings. The Bertz CT molecular complexity index is 2300. The van der Waals surface area contributed by atoms with Gasteiger partial charge in [-0.05, 0) is 118 Å². The molecule has 1 saturated carbocycles. The summed E-state index contributed by atoms with van der Waals surface area (Å²) < 4.78 is 0. The summed E-state index contributed by atoms with van der Waals surface area (Å²) >= 11 is 0. The van der Waals surface area contributed by atoms with Crippen molar-refractivity contribution < 1.29 is 0 Å². The highest BCUT2D eigenvalue weighted by Gasteiger charge is 2.62. The lowest BCUT2D eigenvalue weighted by Crippen LogP contribution is -2.65. The van der Waals surface area contributed by atoms with E-state index in [1.165, 1.54) is 109 Å². The van der Waals surface area contributed by atoms with Crippen LogP contribution in [0.15, 0.2) is 84.9 Å². The molecule has 2 unspecified atom stereocenters. The van der Waals surface area contributed by atoms with Gasteiger partial charge >= 0.3 is 6.85 Å². The third-order valence-electron chi connectivity index (χ3n) is 14.2. The van der Waals surface area contributed by atoms with Gasteiger partial charge in [0, 0.05) is 39.1 Å². The van der Waals surface area contributed by atoms with E-state index in [-0.39, 0.29) is 28.6 Å². The minimum Gasteiger partial charge on any atom is -0.376 e. The van der Waals surface area contributed by atoms with Crippen molar-refractivity contribution in [2.45, 2.75) is 110 Å². The molecule has 5 aromatic rings. The monoisotopic (exact) mass is 652 g/mol. The number of fused-ring (bicyclic) bond motifs is 9. The first kappa shape index (κ1) is 30.6. The van der Waals surface area contributed by atoms with Gasteiger partial charge < -0.3 is 9.71 Å². The second-order valence-electron chi connectivity index (χ2n) is 18.2. The average Bonchev–Trinajstić information content (AvgIpc) is 3.29. The Balaban J connectivity index is 1.41. The molecule has 10 rings (SSSR count). The number of hydrogen-bond acceptors (Lipinski definition) is 2. The maximum atomic E-state index is 2.89. The maximum absolute atomic E-state index is 2.89. The number of nitrogens with zero attached hydrogens (tertiary/aromatic N) is 2. The molecule has 0 saturated heterocycles. The quantitative estimate of drug-likeness (QED) is 0.166. The fraction of sp³-hybridized carbons (Fsp3) is 0.362. The van der Waals surface area contributed by atoms with Crippen LogP contribution in [0.25, 0.3) is 22.3 Å². The molecule has 2 atom stereocenters. The number of benzene rings is 5. The number of hydrogen-bond donors (Lipinski definition) is 0. The van der Waals surface area contributed by atoms with Crippen molar-refractivity contribution in [3.8, 4) is 22.3 Å². The van der Waals surface area contributed by atoms with Gasteiger partial charge in [-0.2, -0.15) is 0 Å². The Morgan fingerprint density at radius 2 is 1.36 bits per heavy atom. The highest BCUT2D eigenvalue weighted by molar-refractivity contribution is 6.93. The van der Waals surface area contributed by atoms with E-state index in [0.717, 1.165) is 0 Å². The van der Waals surface area contributed by atoms with E-state index < -0.39 is 0 Å².